The molecule has 2 aromatic rings. The van der Waals surface area contributed by atoms with Crippen molar-refractivity contribution in [3.8, 4) is 11.4 Å². The van der Waals surface area contributed by atoms with Crippen LogP contribution in [0, 0.1) is 11.3 Å². The summed E-state index contributed by atoms with van der Waals surface area (Å²) in [4.78, 5) is 23.7. The summed E-state index contributed by atoms with van der Waals surface area (Å²) in [7, 11) is 0. The third kappa shape index (κ3) is 3.79. The Kier molecular flexibility index (Phi) is 5.12. The van der Waals surface area contributed by atoms with E-state index in [0.29, 0.717) is 5.92 Å². The SMILES string of the molecule is CC(C)n1nccc1-c1nccnc1C[C@@H]1CCN(C(=O)C(C)(C)C)C1. The van der Waals surface area contributed by atoms with Gasteiger partial charge in [-0.2, -0.15) is 5.10 Å². The van der Waals surface area contributed by atoms with Gasteiger partial charge in [0.2, 0.25) is 5.91 Å². The molecule has 0 saturated carbocycles. The fraction of sp³-hybridized carbons (Fsp3) is 0.600. The third-order valence-electron chi connectivity index (χ3n) is 4.87. The number of carbonyl (C=O) groups is 1. The van der Waals surface area contributed by atoms with E-state index in [0.717, 1.165) is 43.0 Å². The van der Waals surface area contributed by atoms with Crippen LogP contribution in [0.3, 0.4) is 0 Å². The van der Waals surface area contributed by atoms with Gasteiger partial charge in [0.25, 0.3) is 0 Å². The molecule has 0 bridgehead atoms. The first-order chi connectivity index (χ1) is 12.3. The predicted octanol–water partition coefficient (Wildman–Crippen LogP) is 3.36. The second kappa shape index (κ2) is 7.17. The molecule has 1 atom stereocenters. The molecule has 2 aromatic heterocycles. The lowest BCUT2D eigenvalue weighted by atomic mass is 9.95. The van der Waals surface area contributed by atoms with E-state index < -0.39 is 0 Å². The molecule has 0 radical (unpaired) electrons. The summed E-state index contributed by atoms with van der Waals surface area (Å²) in [5.41, 5.74) is 2.57. The second-order valence-corrected chi connectivity index (χ2v) is 8.47. The molecule has 26 heavy (non-hydrogen) atoms. The summed E-state index contributed by atoms with van der Waals surface area (Å²) >= 11 is 0. The van der Waals surface area contributed by atoms with E-state index in [1.165, 1.54) is 0 Å². The number of likely N-dealkylation sites (tertiary alicyclic amines) is 1. The lowest BCUT2D eigenvalue weighted by Gasteiger charge is -2.25. The molecule has 0 aliphatic carbocycles. The Bertz CT molecular complexity index is 775. The molecule has 3 rings (SSSR count). The highest BCUT2D eigenvalue weighted by Gasteiger charge is 2.33. The molecule has 0 N–H and O–H groups in total. The van der Waals surface area contributed by atoms with Crippen molar-refractivity contribution >= 4 is 5.91 Å². The zero-order valence-electron chi connectivity index (χ0n) is 16.4. The maximum Gasteiger partial charge on any atom is 0.227 e. The molecule has 140 valence electrons. The van der Waals surface area contributed by atoms with Crippen molar-refractivity contribution in [3.63, 3.8) is 0 Å². The van der Waals surface area contributed by atoms with Crippen molar-refractivity contribution < 1.29 is 4.79 Å². The molecule has 1 aliphatic rings. The number of amides is 1. The monoisotopic (exact) mass is 355 g/mol. The standard InChI is InChI=1S/C20H29N5O/c1-14(2)25-17(6-8-23-25)18-16(21-9-10-22-18)12-15-7-11-24(13-15)19(26)20(3,4)5/h6,8-10,14-15H,7,11-13H2,1-5H3/t15-/m0/s1. The van der Waals surface area contributed by atoms with Crippen molar-refractivity contribution in [1.29, 1.82) is 0 Å². The maximum absolute atomic E-state index is 12.5. The minimum Gasteiger partial charge on any atom is -0.342 e. The van der Waals surface area contributed by atoms with Gasteiger partial charge in [0.05, 0.1) is 11.4 Å². The van der Waals surface area contributed by atoms with Crippen LogP contribution in [0.1, 0.15) is 52.8 Å². The number of carbonyl (C=O) groups excluding carboxylic acids is 1. The molecule has 1 saturated heterocycles. The number of hydrogen-bond donors (Lipinski definition) is 0. The summed E-state index contributed by atoms with van der Waals surface area (Å²) < 4.78 is 1.98. The number of nitrogens with zero attached hydrogens (tertiary/aromatic N) is 5. The smallest absolute Gasteiger partial charge is 0.227 e. The highest BCUT2D eigenvalue weighted by Crippen LogP contribution is 2.29. The fourth-order valence-corrected chi connectivity index (χ4v) is 3.57. The average Bonchev–Trinajstić information content (AvgIpc) is 3.23. The van der Waals surface area contributed by atoms with E-state index in [2.05, 4.69) is 28.9 Å². The molecule has 0 spiro atoms. The van der Waals surface area contributed by atoms with Crippen molar-refractivity contribution in [2.45, 2.75) is 53.5 Å². The summed E-state index contributed by atoms with van der Waals surface area (Å²) in [5, 5.41) is 4.42. The van der Waals surface area contributed by atoms with Crippen LogP contribution in [0.15, 0.2) is 24.7 Å². The average molecular weight is 355 g/mol. The summed E-state index contributed by atoms with van der Waals surface area (Å²) in [6.45, 7) is 11.8. The largest absolute Gasteiger partial charge is 0.342 e. The quantitative estimate of drug-likeness (QED) is 0.843. The van der Waals surface area contributed by atoms with Gasteiger partial charge in [-0.05, 0) is 38.7 Å². The Hall–Kier alpha value is -2.24. The highest BCUT2D eigenvalue weighted by atomic mass is 16.2. The molecule has 6 nitrogen and oxygen atoms in total. The van der Waals surface area contributed by atoms with Crippen molar-refractivity contribution in [1.82, 2.24) is 24.6 Å². The van der Waals surface area contributed by atoms with E-state index in [4.69, 9.17) is 0 Å². The highest BCUT2D eigenvalue weighted by molar-refractivity contribution is 5.81. The first-order valence-corrected chi connectivity index (χ1v) is 9.40. The lowest BCUT2D eigenvalue weighted by molar-refractivity contribution is -0.138. The van der Waals surface area contributed by atoms with Gasteiger partial charge in [0.1, 0.15) is 5.69 Å². The van der Waals surface area contributed by atoms with Crippen LogP contribution in [0.4, 0.5) is 0 Å². The number of aromatic nitrogens is 4. The Morgan fingerprint density at radius 3 is 2.65 bits per heavy atom. The minimum atomic E-state index is -0.323. The van der Waals surface area contributed by atoms with E-state index >= 15 is 0 Å². The lowest BCUT2D eigenvalue weighted by Crippen LogP contribution is -2.38. The van der Waals surface area contributed by atoms with Crippen LogP contribution in [0.25, 0.3) is 11.4 Å². The van der Waals surface area contributed by atoms with Crippen LogP contribution in [0.2, 0.25) is 0 Å². The van der Waals surface area contributed by atoms with E-state index in [1.807, 2.05) is 42.6 Å². The summed E-state index contributed by atoms with van der Waals surface area (Å²) in [5.74, 6) is 0.657. The number of rotatable bonds is 4. The molecule has 0 aromatic carbocycles. The van der Waals surface area contributed by atoms with Crippen LogP contribution in [-0.2, 0) is 11.2 Å². The van der Waals surface area contributed by atoms with E-state index in [1.54, 1.807) is 12.4 Å². The van der Waals surface area contributed by atoms with Crippen molar-refractivity contribution in [2.75, 3.05) is 13.1 Å². The van der Waals surface area contributed by atoms with Gasteiger partial charge in [0.15, 0.2) is 0 Å². The van der Waals surface area contributed by atoms with Gasteiger partial charge in [-0.25, -0.2) is 0 Å². The van der Waals surface area contributed by atoms with E-state index in [-0.39, 0.29) is 17.4 Å². The summed E-state index contributed by atoms with van der Waals surface area (Å²) in [6.07, 6.45) is 7.15. The molecular formula is C20H29N5O. The normalized spacial score (nSPS) is 17.9. The van der Waals surface area contributed by atoms with Gasteiger partial charge in [0, 0.05) is 43.1 Å². The van der Waals surface area contributed by atoms with Gasteiger partial charge in [-0.3, -0.25) is 19.4 Å². The topological polar surface area (TPSA) is 63.9 Å². The Morgan fingerprint density at radius 1 is 1.23 bits per heavy atom. The van der Waals surface area contributed by atoms with E-state index in [9.17, 15) is 4.79 Å². The Balaban J connectivity index is 1.78. The second-order valence-electron chi connectivity index (χ2n) is 8.47. The minimum absolute atomic E-state index is 0.234. The molecular weight excluding hydrogens is 326 g/mol. The van der Waals surface area contributed by atoms with Crippen LogP contribution < -0.4 is 0 Å². The first-order valence-electron chi connectivity index (χ1n) is 9.40. The zero-order valence-corrected chi connectivity index (χ0v) is 16.4. The number of hydrogen-bond acceptors (Lipinski definition) is 4. The Labute approximate surface area is 155 Å². The van der Waals surface area contributed by atoms with Crippen LogP contribution in [0.5, 0.6) is 0 Å². The zero-order chi connectivity index (χ0) is 18.9. The Morgan fingerprint density at radius 2 is 1.96 bits per heavy atom. The molecule has 1 amide bonds. The third-order valence-corrected chi connectivity index (χ3v) is 4.87. The molecule has 1 fully saturated rings. The van der Waals surface area contributed by atoms with Crippen LogP contribution in [-0.4, -0.2) is 43.6 Å². The summed E-state index contributed by atoms with van der Waals surface area (Å²) in [6, 6.07) is 2.26. The predicted molar refractivity (Wildman–Crippen MR) is 101 cm³/mol. The molecule has 6 heteroatoms. The van der Waals surface area contributed by atoms with Crippen LogP contribution >= 0.6 is 0 Å². The van der Waals surface area contributed by atoms with Crippen molar-refractivity contribution in [2.24, 2.45) is 11.3 Å². The van der Waals surface area contributed by atoms with Gasteiger partial charge >= 0.3 is 0 Å². The molecule has 3 heterocycles. The van der Waals surface area contributed by atoms with Crippen molar-refractivity contribution in [3.05, 3.63) is 30.4 Å². The van der Waals surface area contributed by atoms with Gasteiger partial charge in [-0.15, -0.1) is 0 Å². The molecule has 0 unspecified atom stereocenters. The first kappa shape index (κ1) is 18.5. The molecule has 1 aliphatic heterocycles. The van der Waals surface area contributed by atoms with Gasteiger partial charge in [-0.1, -0.05) is 20.8 Å². The maximum atomic E-state index is 12.5. The fourth-order valence-electron chi connectivity index (χ4n) is 3.57. The van der Waals surface area contributed by atoms with Gasteiger partial charge < -0.3 is 4.90 Å².